The molecule has 0 saturated carbocycles. The van der Waals surface area contributed by atoms with Crippen LogP contribution in [0.1, 0.15) is 42.6 Å². The van der Waals surface area contributed by atoms with Crippen molar-refractivity contribution < 1.29 is 27.5 Å². The second kappa shape index (κ2) is 11.3. The van der Waals surface area contributed by atoms with Gasteiger partial charge in [-0.15, -0.1) is 0 Å². The van der Waals surface area contributed by atoms with Gasteiger partial charge in [-0.3, -0.25) is 10.1 Å². The van der Waals surface area contributed by atoms with E-state index < -0.39 is 34.0 Å². The fourth-order valence-corrected chi connectivity index (χ4v) is 4.93. The molecule has 1 aliphatic rings. The summed E-state index contributed by atoms with van der Waals surface area (Å²) in [7, 11) is -3.63. The molecule has 9 nitrogen and oxygen atoms in total. The van der Waals surface area contributed by atoms with Crippen LogP contribution in [0.3, 0.4) is 0 Å². The van der Waals surface area contributed by atoms with E-state index in [1.165, 1.54) is 35.5 Å². The minimum absolute atomic E-state index is 0.0967. The van der Waals surface area contributed by atoms with Crippen LogP contribution in [0, 0.1) is 5.92 Å². The van der Waals surface area contributed by atoms with Gasteiger partial charge < -0.3 is 10.1 Å². The Kier molecular flexibility index (Phi) is 8.41. The lowest BCUT2D eigenvalue weighted by Crippen LogP contribution is -2.44. The summed E-state index contributed by atoms with van der Waals surface area (Å²) < 4.78 is 32.2. The Morgan fingerprint density at radius 2 is 1.65 bits per heavy atom. The Morgan fingerprint density at radius 3 is 2.26 bits per heavy atom. The quantitative estimate of drug-likeness (QED) is 0.579. The van der Waals surface area contributed by atoms with Crippen LogP contribution in [0.5, 0.6) is 0 Å². The zero-order chi connectivity index (χ0) is 24.7. The molecule has 1 aliphatic heterocycles. The lowest BCUT2D eigenvalue weighted by atomic mass is 10.0. The number of nitrogens with one attached hydrogen (secondary N) is 2. The van der Waals surface area contributed by atoms with Crippen LogP contribution in [0.4, 0.5) is 4.79 Å². The number of esters is 1. The highest BCUT2D eigenvalue weighted by Crippen LogP contribution is 2.23. The van der Waals surface area contributed by atoms with Crippen LogP contribution in [0.2, 0.25) is 0 Å². The number of amides is 3. The number of carbonyl (C=O) groups is 3. The number of imide groups is 1. The molecule has 182 valence electrons. The van der Waals surface area contributed by atoms with Crippen molar-refractivity contribution in [3.63, 3.8) is 0 Å². The largest absolute Gasteiger partial charge is 0.449 e. The first-order chi connectivity index (χ1) is 16.2. The van der Waals surface area contributed by atoms with Crippen molar-refractivity contribution >= 4 is 27.9 Å². The average molecular weight is 488 g/mol. The molecule has 0 radical (unpaired) electrons. The molecule has 2 aromatic rings. The number of benzene rings is 2. The highest BCUT2D eigenvalue weighted by Gasteiger charge is 2.28. The minimum Gasteiger partial charge on any atom is -0.449 e. The molecule has 3 rings (SSSR count). The van der Waals surface area contributed by atoms with Crippen LogP contribution < -0.4 is 10.6 Å². The Balaban J connectivity index is 1.51. The van der Waals surface area contributed by atoms with Crippen molar-refractivity contribution in [3.05, 3.63) is 65.7 Å². The molecule has 0 aromatic heterocycles. The van der Waals surface area contributed by atoms with Crippen LogP contribution in [-0.2, 0) is 26.1 Å². The highest BCUT2D eigenvalue weighted by molar-refractivity contribution is 7.89. The number of nitrogens with zero attached hydrogens (tertiary/aromatic N) is 1. The second-order valence-corrected chi connectivity index (χ2v) is 10.3. The average Bonchev–Trinajstić information content (AvgIpc) is 2.83. The van der Waals surface area contributed by atoms with E-state index >= 15 is 0 Å². The van der Waals surface area contributed by atoms with E-state index in [4.69, 9.17) is 4.74 Å². The molecule has 0 bridgehead atoms. The molecule has 34 heavy (non-hydrogen) atoms. The van der Waals surface area contributed by atoms with E-state index in [0.717, 1.165) is 18.4 Å². The lowest BCUT2D eigenvalue weighted by molar-refractivity contribution is -0.127. The first kappa shape index (κ1) is 25.4. The maximum Gasteiger partial charge on any atom is 0.338 e. The van der Waals surface area contributed by atoms with Crippen LogP contribution in [-0.4, -0.2) is 49.8 Å². The summed E-state index contributed by atoms with van der Waals surface area (Å²) in [6.07, 6.45) is 0.399. The molecule has 1 saturated heterocycles. The third kappa shape index (κ3) is 6.64. The minimum atomic E-state index is -3.63. The summed E-state index contributed by atoms with van der Waals surface area (Å²) in [6.45, 7) is 4.62. The van der Waals surface area contributed by atoms with Gasteiger partial charge in [-0.1, -0.05) is 37.3 Å². The van der Waals surface area contributed by atoms with Gasteiger partial charge in [-0.25, -0.2) is 18.0 Å². The monoisotopic (exact) mass is 487 g/mol. The van der Waals surface area contributed by atoms with E-state index in [2.05, 4.69) is 17.6 Å². The highest BCUT2D eigenvalue weighted by atomic mass is 32.2. The molecule has 2 aromatic carbocycles. The Hall–Kier alpha value is -3.24. The summed E-state index contributed by atoms with van der Waals surface area (Å²) >= 11 is 0. The van der Waals surface area contributed by atoms with Crippen LogP contribution in [0.15, 0.2) is 59.5 Å². The Morgan fingerprint density at radius 1 is 1.03 bits per heavy atom. The summed E-state index contributed by atoms with van der Waals surface area (Å²) in [5, 5.41) is 4.67. The molecule has 1 heterocycles. The molecule has 1 unspecified atom stereocenters. The van der Waals surface area contributed by atoms with Crippen LogP contribution >= 0.6 is 0 Å². The normalized spacial score (nSPS) is 15.8. The first-order valence-electron chi connectivity index (χ1n) is 11.1. The van der Waals surface area contributed by atoms with Crippen molar-refractivity contribution in [2.75, 3.05) is 13.1 Å². The van der Waals surface area contributed by atoms with E-state index in [-0.39, 0.29) is 17.0 Å². The third-order valence-electron chi connectivity index (χ3n) is 5.66. The van der Waals surface area contributed by atoms with Crippen molar-refractivity contribution in [2.24, 2.45) is 5.92 Å². The first-order valence-corrected chi connectivity index (χ1v) is 12.5. The van der Waals surface area contributed by atoms with Gasteiger partial charge in [0.25, 0.3) is 5.91 Å². The maximum absolute atomic E-state index is 12.8. The number of sulfonamides is 1. The standard InChI is InChI=1S/C24H29N3O6S/c1-17-12-14-27(15-13-17)34(31,32)21-10-8-20(9-11-21)23(29)33-18(2)22(28)26-24(30)25-16-19-6-4-3-5-7-19/h3-11,17-18H,12-16H2,1-2H3,(H2,25,26,28,30). The lowest BCUT2D eigenvalue weighted by Gasteiger charge is -2.29. The van der Waals surface area contributed by atoms with E-state index in [1.807, 2.05) is 30.3 Å². The molecule has 3 amide bonds. The molecule has 0 aliphatic carbocycles. The number of carbonyl (C=O) groups excluding carboxylic acids is 3. The van der Waals surface area contributed by atoms with Gasteiger partial charge >= 0.3 is 12.0 Å². The summed E-state index contributed by atoms with van der Waals surface area (Å²) in [5.74, 6) is -1.08. The fraction of sp³-hybridized carbons (Fsp3) is 0.375. The zero-order valence-electron chi connectivity index (χ0n) is 19.2. The smallest absolute Gasteiger partial charge is 0.338 e. The van der Waals surface area contributed by atoms with E-state index in [9.17, 15) is 22.8 Å². The van der Waals surface area contributed by atoms with Crippen molar-refractivity contribution in [3.8, 4) is 0 Å². The summed E-state index contributed by atoms with van der Waals surface area (Å²) in [5.41, 5.74) is 0.962. The van der Waals surface area contributed by atoms with Crippen LogP contribution in [0.25, 0.3) is 0 Å². The van der Waals surface area contributed by atoms with Crippen molar-refractivity contribution in [1.82, 2.24) is 14.9 Å². The van der Waals surface area contributed by atoms with Gasteiger partial charge in [0.2, 0.25) is 10.0 Å². The van der Waals surface area contributed by atoms with Gasteiger partial charge in [-0.05, 0) is 55.5 Å². The predicted molar refractivity (Wildman–Crippen MR) is 125 cm³/mol. The van der Waals surface area contributed by atoms with Gasteiger partial charge in [0.1, 0.15) is 0 Å². The molecule has 1 fully saturated rings. The SMILES string of the molecule is CC1CCN(S(=O)(=O)c2ccc(C(=O)OC(C)C(=O)NC(=O)NCc3ccccc3)cc2)CC1. The number of urea groups is 1. The zero-order valence-corrected chi connectivity index (χ0v) is 20.0. The third-order valence-corrected chi connectivity index (χ3v) is 7.57. The maximum atomic E-state index is 12.8. The van der Waals surface area contributed by atoms with Gasteiger partial charge in [0.05, 0.1) is 10.5 Å². The second-order valence-electron chi connectivity index (χ2n) is 8.32. The molecule has 0 spiro atoms. The molecule has 2 N–H and O–H groups in total. The molecule has 10 heteroatoms. The van der Waals surface area contributed by atoms with E-state index in [0.29, 0.717) is 19.0 Å². The number of hydrogen-bond donors (Lipinski definition) is 2. The number of rotatable bonds is 7. The van der Waals surface area contributed by atoms with E-state index in [1.54, 1.807) is 0 Å². The molecular formula is C24H29N3O6S. The van der Waals surface area contributed by atoms with Gasteiger partial charge in [-0.2, -0.15) is 4.31 Å². The topological polar surface area (TPSA) is 122 Å². The Labute approximate surface area is 199 Å². The van der Waals surface area contributed by atoms with Gasteiger partial charge in [0.15, 0.2) is 6.10 Å². The fourth-order valence-electron chi connectivity index (χ4n) is 3.46. The number of hydrogen-bond acceptors (Lipinski definition) is 6. The van der Waals surface area contributed by atoms with Crippen molar-refractivity contribution in [2.45, 2.75) is 44.2 Å². The predicted octanol–water partition coefficient (Wildman–Crippen LogP) is 2.68. The summed E-state index contributed by atoms with van der Waals surface area (Å²) in [6, 6.07) is 13.9. The number of ether oxygens (including phenoxy) is 1. The van der Waals surface area contributed by atoms with Gasteiger partial charge in [0, 0.05) is 19.6 Å². The number of piperidine rings is 1. The van der Waals surface area contributed by atoms with Crippen molar-refractivity contribution in [1.29, 1.82) is 0 Å². The summed E-state index contributed by atoms with van der Waals surface area (Å²) in [4.78, 5) is 36.6. The Bertz CT molecular complexity index is 1110. The molecular weight excluding hydrogens is 458 g/mol. The molecule has 1 atom stereocenters.